The van der Waals surface area contributed by atoms with Crippen LogP contribution in [-0.4, -0.2) is 34.3 Å². The molecule has 0 aliphatic heterocycles. The van der Waals surface area contributed by atoms with Crippen molar-refractivity contribution in [1.82, 2.24) is 9.97 Å². The Hall–Kier alpha value is -1.36. The van der Waals surface area contributed by atoms with Gasteiger partial charge in [-0.3, -0.25) is 0 Å². The van der Waals surface area contributed by atoms with Crippen LogP contribution in [0.25, 0.3) is 0 Å². The van der Waals surface area contributed by atoms with Gasteiger partial charge in [-0.05, 0) is 32.6 Å². The zero-order valence-corrected chi connectivity index (χ0v) is 10.3. The van der Waals surface area contributed by atoms with Crippen molar-refractivity contribution in [2.75, 3.05) is 23.8 Å². The minimum Gasteiger partial charge on any atom is -0.396 e. The smallest absolute Gasteiger partial charge is 0.134 e. The van der Waals surface area contributed by atoms with Gasteiger partial charge in [-0.15, -0.1) is 0 Å². The Balaban J connectivity index is 2.17. The summed E-state index contributed by atoms with van der Waals surface area (Å²) in [6, 6.07) is 2.37. The molecule has 1 aromatic rings. The molecule has 0 radical (unpaired) electrons. The van der Waals surface area contributed by atoms with Crippen LogP contribution in [-0.2, 0) is 0 Å². The van der Waals surface area contributed by atoms with Crippen molar-refractivity contribution in [2.24, 2.45) is 0 Å². The fraction of sp³-hybridized carbons (Fsp3) is 0.667. The summed E-state index contributed by atoms with van der Waals surface area (Å²) in [7, 11) is 0. The average molecular weight is 236 g/mol. The van der Waals surface area contributed by atoms with Crippen LogP contribution in [0.15, 0.2) is 6.07 Å². The average Bonchev–Trinajstić information content (AvgIpc) is 2.19. The summed E-state index contributed by atoms with van der Waals surface area (Å²) in [5, 5.41) is 8.96. The highest BCUT2D eigenvalue weighted by Gasteiger charge is 2.25. The van der Waals surface area contributed by atoms with E-state index in [0.29, 0.717) is 17.7 Å². The third kappa shape index (κ3) is 2.85. The minimum absolute atomic E-state index is 0.211. The molecule has 1 aromatic heterocycles. The SMILES string of the molecule is Cc1nc(N)cc(N(CCCO)C2CCC2)n1. The number of anilines is 2. The molecule has 0 spiro atoms. The van der Waals surface area contributed by atoms with E-state index in [1.54, 1.807) is 0 Å². The Bertz CT molecular complexity index is 359. The Morgan fingerprint density at radius 2 is 2.24 bits per heavy atom. The first kappa shape index (κ1) is 12.1. The minimum atomic E-state index is 0.211. The molecular weight excluding hydrogens is 216 g/mol. The molecule has 0 saturated heterocycles. The van der Waals surface area contributed by atoms with Gasteiger partial charge in [-0.25, -0.2) is 9.97 Å². The lowest BCUT2D eigenvalue weighted by Gasteiger charge is -2.38. The predicted molar refractivity (Wildman–Crippen MR) is 67.9 cm³/mol. The number of nitrogens with zero attached hydrogens (tertiary/aromatic N) is 3. The van der Waals surface area contributed by atoms with Crippen LogP contribution in [0, 0.1) is 6.92 Å². The Labute approximate surface area is 102 Å². The maximum atomic E-state index is 8.96. The number of hydrogen-bond acceptors (Lipinski definition) is 5. The largest absolute Gasteiger partial charge is 0.396 e. The van der Waals surface area contributed by atoms with Crippen molar-refractivity contribution in [3.63, 3.8) is 0 Å². The van der Waals surface area contributed by atoms with Crippen LogP contribution >= 0.6 is 0 Å². The fourth-order valence-corrected chi connectivity index (χ4v) is 2.15. The van der Waals surface area contributed by atoms with Gasteiger partial charge in [0.15, 0.2) is 0 Å². The summed E-state index contributed by atoms with van der Waals surface area (Å²) in [5.74, 6) is 2.11. The molecule has 1 heterocycles. The normalized spacial score (nSPS) is 15.6. The van der Waals surface area contributed by atoms with Gasteiger partial charge in [0, 0.05) is 25.3 Å². The summed E-state index contributed by atoms with van der Waals surface area (Å²) in [4.78, 5) is 10.8. The van der Waals surface area contributed by atoms with E-state index in [9.17, 15) is 0 Å². The van der Waals surface area contributed by atoms with E-state index in [-0.39, 0.29) is 6.61 Å². The van der Waals surface area contributed by atoms with Gasteiger partial charge < -0.3 is 15.7 Å². The summed E-state index contributed by atoms with van der Waals surface area (Å²) in [5.41, 5.74) is 5.76. The number of aliphatic hydroxyl groups excluding tert-OH is 1. The third-order valence-electron chi connectivity index (χ3n) is 3.21. The van der Waals surface area contributed by atoms with E-state index in [2.05, 4.69) is 14.9 Å². The quantitative estimate of drug-likeness (QED) is 0.801. The van der Waals surface area contributed by atoms with Crippen LogP contribution in [0.3, 0.4) is 0 Å². The van der Waals surface area contributed by atoms with E-state index >= 15 is 0 Å². The van der Waals surface area contributed by atoms with E-state index in [1.165, 1.54) is 19.3 Å². The van der Waals surface area contributed by atoms with Crippen molar-refractivity contribution in [3.05, 3.63) is 11.9 Å². The topological polar surface area (TPSA) is 75.3 Å². The van der Waals surface area contributed by atoms with E-state index in [1.807, 2.05) is 13.0 Å². The number of nitrogen functional groups attached to an aromatic ring is 1. The van der Waals surface area contributed by atoms with Gasteiger partial charge >= 0.3 is 0 Å². The zero-order chi connectivity index (χ0) is 12.3. The first-order chi connectivity index (χ1) is 8.20. The summed E-state index contributed by atoms with van der Waals surface area (Å²) in [6.45, 7) is 2.89. The number of hydrogen-bond donors (Lipinski definition) is 2. The van der Waals surface area contributed by atoms with E-state index in [4.69, 9.17) is 10.8 Å². The monoisotopic (exact) mass is 236 g/mol. The van der Waals surface area contributed by atoms with Gasteiger partial charge in [0.1, 0.15) is 17.5 Å². The second kappa shape index (κ2) is 5.31. The summed E-state index contributed by atoms with van der Waals surface area (Å²) >= 11 is 0. The lowest BCUT2D eigenvalue weighted by Crippen LogP contribution is -2.41. The number of aliphatic hydroxyl groups is 1. The molecule has 0 aromatic carbocycles. The van der Waals surface area contributed by atoms with Crippen LogP contribution in [0.4, 0.5) is 11.6 Å². The number of aromatic nitrogens is 2. The number of rotatable bonds is 5. The van der Waals surface area contributed by atoms with Crippen molar-refractivity contribution in [3.8, 4) is 0 Å². The second-order valence-electron chi connectivity index (χ2n) is 4.55. The molecule has 94 valence electrons. The molecule has 0 atom stereocenters. The zero-order valence-electron chi connectivity index (χ0n) is 10.3. The molecule has 0 unspecified atom stereocenters. The van der Waals surface area contributed by atoms with Gasteiger partial charge in [-0.2, -0.15) is 0 Å². The first-order valence-corrected chi connectivity index (χ1v) is 6.19. The molecule has 0 bridgehead atoms. The van der Waals surface area contributed by atoms with Crippen molar-refractivity contribution >= 4 is 11.6 Å². The highest BCUT2D eigenvalue weighted by molar-refractivity contribution is 5.48. The molecule has 3 N–H and O–H groups in total. The predicted octanol–water partition coefficient (Wildman–Crippen LogP) is 1.11. The van der Waals surface area contributed by atoms with Gasteiger partial charge in [-0.1, -0.05) is 0 Å². The van der Waals surface area contributed by atoms with Crippen molar-refractivity contribution < 1.29 is 5.11 Å². The number of nitrogens with two attached hydrogens (primary N) is 1. The Kier molecular flexibility index (Phi) is 3.78. The highest BCUT2D eigenvalue weighted by Crippen LogP contribution is 2.29. The molecule has 0 amide bonds. The molecule has 5 heteroatoms. The third-order valence-corrected chi connectivity index (χ3v) is 3.21. The molecule has 5 nitrogen and oxygen atoms in total. The number of aryl methyl sites for hydroxylation is 1. The first-order valence-electron chi connectivity index (χ1n) is 6.19. The molecule has 1 fully saturated rings. The summed E-state index contributed by atoms with van der Waals surface area (Å²) < 4.78 is 0. The highest BCUT2D eigenvalue weighted by atomic mass is 16.3. The maximum absolute atomic E-state index is 8.96. The van der Waals surface area contributed by atoms with Crippen LogP contribution in [0.5, 0.6) is 0 Å². The van der Waals surface area contributed by atoms with Gasteiger partial charge in [0.25, 0.3) is 0 Å². The fourth-order valence-electron chi connectivity index (χ4n) is 2.15. The second-order valence-corrected chi connectivity index (χ2v) is 4.55. The van der Waals surface area contributed by atoms with Crippen LogP contribution < -0.4 is 10.6 Å². The van der Waals surface area contributed by atoms with Crippen molar-refractivity contribution in [1.29, 1.82) is 0 Å². The lowest BCUT2D eigenvalue weighted by atomic mass is 9.91. The lowest BCUT2D eigenvalue weighted by molar-refractivity contribution is 0.282. The van der Waals surface area contributed by atoms with Crippen molar-refractivity contribution in [2.45, 2.75) is 38.6 Å². The summed E-state index contributed by atoms with van der Waals surface area (Å²) in [6.07, 6.45) is 4.45. The van der Waals surface area contributed by atoms with Gasteiger partial charge in [0.2, 0.25) is 0 Å². The molecule has 1 aliphatic carbocycles. The van der Waals surface area contributed by atoms with E-state index in [0.717, 1.165) is 18.8 Å². The molecule has 1 aliphatic rings. The standard InChI is InChI=1S/C12H20N4O/c1-9-14-11(13)8-12(15-9)16(6-3-7-17)10-4-2-5-10/h8,10,17H,2-7H2,1H3,(H2,13,14,15). The Morgan fingerprint density at radius 3 is 2.76 bits per heavy atom. The molecular formula is C12H20N4O. The Morgan fingerprint density at radius 1 is 1.47 bits per heavy atom. The van der Waals surface area contributed by atoms with Crippen LogP contribution in [0.2, 0.25) is 0 Å². The van der Waals surface area contributed by atoms with E-state index < -0.39 is 0 Å². The molecule has 2 rings (SSSR count). The molecule has 1 saturated carbocycles. The maximum Gasteiger partial charge on any atom is 0.134 e. The van der Waals surface area contributed by atoms with Gasteiger partial charge in [0.05, 0.1) is 0 Å². The molecule has 17 heavy (non-hydrogen) atoms. The van der Waals surface area contributed by atoms with Crippen LogP contribution in [0.1, 0.15) is 31.5 Å².